The largest absolute Gasteiger partial charge is 0.444 e. The summed E-state index contributed by atoms with van der Waals surface area (Å²) >= 11 is 5.89. The summed E-state index contributed by atoms with van der Waals surface area (Å²) in [6.45, 7) is 6.92. The second-order valence-corrected chi connectivity index (χ2v) is 5.96. The summed E-state index contributed by atoms with van der Waals surface area (Å²) in [6, 6.07) is 1.89. The smallest absolute Gasteiger partial charge is 0.410 e. The van der Waals surface area contributed by atoms with Crippen LogP contribution in [0.2, 0.25) is 5.02 Å². The summed E-state index contributed by atoms with van der Waals surface area (Å²) in [7, 11) is 0. The fourth-order valence-electron chi connectivity index (χ4n) is 1.82. The first kappa shape index (κ1) is 13.1. The van der Waals surface area contributed by atoms with Crippen LogP contribution in [0.25, 0.3) is 0 Å². The molecule has 1 saturated heterocycles. The van der Waals surface area contributed by atoms with Gasteiger partial charge in [0, 0.05) is 31.4 Å². The first-order chi connectivity index (χ1) is 8.35. The highest BCUT2D eigenvalue weighted by molar-refractivity contribution is 6.30. The third-order valence-electron chi connectivity index (χ3n) is 2.73. The molecule has 1 aliphatic heterocycles. The van der Waals surface area contributed by atoms with Gasteiger partial charge in [-0.05, 0) is 32.4 Å². The number of rotatable bonds is 1. The first-order valence-corrected chi connectivity index (χ1v) is 6.31. The molecule has 0 unspecified atom stereocenters. The Morgan fingerprint density at radius 2 is 2.11 bits per heavy atom. The van der Waals surface area contributed by atoms with E-state index in [1.807, 2.05) is 26.8 Å². The minimum absolute atomic E-state index is 0.256. The van der Waals surface area contributed by atoms with E-state index in [-0.39, 0.29) is 6.09 Å². The molecule has 5 heteroatoms. The average Bonchev–Trinajstić information content (AvgIpc) is 2.11. The van der Waals surface area contributed by atoms with Gasteiger partial charge in [0.05, 0.1) is 5.02 Å². The fourth-order valence-corrected chi connectivity index (χ4v) is 2.00. The number of likely N-dealkylation sites (tertiary alicyclic amines) is 1. The zero-order valence-corrected chi connectivity index (χ0v) is 11.6. The van der Waals surface area contributed by atoms with E-state index in [1.165, 1.54) is 0 Å². The number of carbonyl (C=O) groups excluding carboxylic acids is 1. The maximum atomic E-state index is 11.7. The van der Waals surface area contributed by atoms with Gasteiger partial charge in [0.15, 0.2) is 0 Å². The van der Waals surface area contributed by atoms with Crippen molar-refractivity contribution in [2.24, 2.45) is 0 Å². The third kappa shape index (κ3) is 3.13. The molecule has 0 atom stereocenters. The van der Waals surface area contributed by atoms with E-state index < -0.39 is 5.60 Å². The lowest BCUT2D eigenvalue weighted by molar-refractivity contribution is 0.00817. The van der Waals surface area contributed by atoms with Crippen molar-refractivity contribution in [2.75, 3.05) is 13.1 Å². The minimum atomic E-state index is -0.445. The van der Waals surface area contributed by atoms with Gasteiger partial charge in [-0.3, -0.25) is 4.98 Å². The van der Waals surface area contributed by atoms with Crippen LogP contribution in [0.15, 0.2) is 18.5 Å². The normalized spacial score (nSPS) is 16.3. The molecule has 2 rings (SSSR count). The monoisotopic (exact) mass is 268 g/mol. The Hall–Kier alpha value is -1.29. The molecule has 1 fully saturated rings. The van der Waals surface area contributed by atoms with E-state index in [9.17, 15) is 4.79 Å². The van der Waals surface area contributed by atoms with E-state index in [4.69, 9.17) is 16.3 Å². The van der Waals surface area contributed by atoms with E-state index in [0.29, 0.717) is 24.0 Å². The summed E-state index contributed by atoms with van der Waals surface area (Å²) in [6.07, 6.45) is 3.15. The summed E-state index contributed by atoms with van der Waals surface area (Å²) in [4.78, 5) is 17.5. The Morgan fingerprint density at radius 3 is 2.67 bits per heavy atom. The Morgan fingerprint density at radius 1 is 1.44 bits per heavy atom. The van der Waals surface area contributed by atoms with E-state index >= 15 is 0 Å². The zero-order valence-electron chi connectivity index (χ0n) is 10.8. The summed E-state index contributed by atoms with van der Waals surface area (Å²) < 4.78 is 5.29. The molecule has 18 heavy (non-hydrogen) atoms. The Bertz CT molecular complexity index is 451. The van der Waals surface area contributed by atoms with Gasteiger partial charge in [0.25, 0.3) is 0 Å². The maximum Gasteiger partial charge on any atom is 0.410 e. The van der Waals surface area contributed by atoms with Crippen LogP contribution >= 0.6 is 11.6 Å². The van der Waals surface area contributed by atoms with Gasteiger partial charge < -0.3 is 9.64 Å². The second-order valence-electron chi connectivity index (χ2n) is 5.52. The van der Waals surface area contributed by atoms with Crippen molar-refractivity contribution in [3.05, 3.63) is 29.0 Å². The van der Waals surface area contributed by atoms with Crippen LogP contribution in [0.3, 0.4) is 0 Å². The molecule has 0 radical (unpaired) electrons. The molecule has 2 heterocycles. The number of pyridine rings is 1. The molecule has 4 nitrogen and oxygen atoms in total. The third-order valence-corrected chi connectivity index (χ3v) is 2.94. The van der Waals surface area contributed by atoms with Crippen LogP contribution in [0, 0.1) is 0 Å². The molecule has 1 aromatic rings. The number of ether oxygens (including phenoxy) is 1. The SMILES string of the molecule is CC(C)(C)OC(=O)N1CC(c2cncc(Cl)c2)C1. The first-order valence-electron chi connectivity index (χ1n) is 5.93. The van der Waals surface area contributed by atoms with E-state index in [0.717, 1.165) is 5.56 Å². The van der Waals surface area contributed by atoms with Crippen molar-refractivity contribution < 1.29 is 9.53 Å². The maximum absolute atomic E-state index is 11.7. The lowest BCUT2D eigenvalue weighted by Gasteiger charge is -2.39. The van der Waals surface area contributed by atoms with Gasteiger partial charge >= 0.3 is 6.09 Å². The molecule has 0 spiro atoms. The summed E-state index contributed by atoms with van der Waals surface area (Å²) in [5.74, 6) is 0.309. The number of hydrogen-bond donors (Lipinski definition) is 0. The van der Waals surface area contributed by atoms with Crippen LogP contribution in [-0.2, 0) is 4.74 Å². The quantitative estimate of drug-likeness (QED) is 0.786. The van der Waals surface area contributed by atoms with Gasteiger partial charge in [-0.2, -0.15) is 0 Å². The highest BCUT2D eigenvalue weighted by Gasteiger charge is 2.34. The lowest BCUT2D eigenvalue weighted by atomic mass is 9.93. The Labute approximate surface area is 112 Å². The van der Waals surface area contributed by atoms with Gasteiger partial charge in [-0.25, -0.2) is 4.79 Å². The molecular formula is C13H17ClN2O2. The zero-order chi connectivity index (χ0) is 13.3. The van der Waals surface area contributed by atoms with Gasteiger partial charge in [0.1, 0.15) is 5.60 Å². The van der Waals surface area contributed by atoms with Crippen molar-refractivity contribution in [1.29, 1.82) is 0 Å². The minimum Gasteiger partial charge on any atom is -0.444 e. The number of nitrogens with zero attached hydrogens (tertiary/aromatic N) is 2. The topological polar surface area (TPSA) is 42.4 Å². The molecule has 1 aromatic heterocycles. The molecule has 98 valence electrons. The highest BCUT2D eigenvalue weighted by atomic mass is 35.5. The van der Waals surface area contributed by atoms with Crippen LogP contribution in [0.4, 0.5) is 4.79 Å². The molecule has 0 saturated carbocycles. The second kappa shape index (κ2) is 4.76. The van der Waals surface area contributed by atoms with Crippen molar-refractivity contribution >= 4 is 17.7 Å². The van der Waals surface area contributed by atoms with Gasteiger partial charge in [-0.1, -0.05) is 11.6 Å². The molecule has 0 aromatic carbocycles. The summed E-state index contributed by atoms with van der Waals surface area (Å²) in [5, 5.41) is 0.628. The van der Waals surface area contributed by atoms with Crippen molar-refractivity contribution in [3.8, 4) is 0 Å². The summed E-state index contributed by atoms with van der Waals surface area (Å²) in [5.41, 5.74) is 0.627. The molecular weight excluding hydrogens is 252 g/mol. The number of halogens is 1. The Balaban J connectivity index is 1.89. The van der Waals surface area contributed by atoms with Crippen LogP contribution in [0.1, 0.15) is 32.3 Å². The van der Waals surface area contributed by atoms with E-state index in [1.54, 1.807) is 17.3 Å². The molecule has 1 amide bonds. The average molecular weight is 269 g/mol. The lowest BCUT2D eigenvalue weighted by Crippen LogP contribution is -2.50. The highest BCUT2D eigenvalue weighted by Crippen LogP contribution is 2.29. The number of hydrogen-bond acceptors (Lipinski definition) is 3. The predicted molar refractivity (Wildman–Crippen MR) is 69.8 cm³/mol. The molecule has 0 N–H and O–H groups in total. The van der Waals surface area contributed by atoms with Crippen LogP contribution in [-0.4, -0.2) is 34.7 Å². The standard InChI is InChI=1S/C13H17ClN2O2/c1-13(2,3)18-12(17)16-7-10(8-16)9-4-11(14)6-15-5-9/h4-6,10H,7-8H2,1-3H3. The number of amides is 1. The number of carbonyl (C=O) groups is 1. The van der Waals surface area contributed by atoms with Crippen molar-refractivity contribution in [2.45, 2.75) is 32.3 Å². The van der Waals surface area contributed by atoms with Crippen LogP contribution in [0.5, 0.6) is 0 Å². The fraction of sp³-hybridized carbons (Fsp3) is 0.538. The van der Waals surface area contributed by atoms with Crippen molar-refractivity contribution in [3.63, 3.8) is 0 Å². The van der Waals surface area contributed by atoms with Gasteiger partial charge in [0.2, 0.25) is 0 Å². The predicted octanol–water partition coefficient (Wildman–Crippen LogP) is 3.07. The Kier molecular flexibility index (Phi) is 3.48. The molecule has 0 bridgehead atoms. The number of aromatic nitrogens is 1. The molecule has 0 aliphatic carbocycles. The van der Waals surface area contributed by atoms with Gasteiger partial charge in [-0.15, -0.1) is 0 Å². The van der Waals surface area contributed by atoms with Crippen molar-refractivity contribution in [1.82, 2.24) is 9.88 Å². The van der Waals surface area contributed by atoms with Crippen LogP contribution < -0.4 is 0 Å². The molecule has 1 aliphatic rings. The van der Waals surface area contributed by atoms with E-state index in [2.05, 4.69) is 4.98 Å².